The Morgan fingerprint density at radius 2 is 2.31 bits per heavy atom. The summed E-state index contributed by atoms with van der Waals surface area (Å²) in [7, 11) is 0. The van der Waals surface area contributed by atoms with Crippen LogP contribution in [0.25, 0.3) is 0 Å². The summed E-state index contributed by atoms with van der Waals surface area (Å²) < 4.78 is 0. The summed E-state index contributed by atoms with van der Waals surface area (Å²) in [6, 6.07) is 5.34. The van der Waals surface area contributed by atoms with E-state index in [2.05, 4.69) is 30.2 Å². The topological polar surface area (TPSA) is 24.9 Å². The molecule has 1 fully saturated rings. The van der Waals surface area contributed by atoms with Gasteiger partial charge in [0.1, 0.15) is 0 Å². The molecule has 0 bridgehead atoms. The molecular formula is C14H22N2. The molecule has 2 atom stereocenters. The summed E-state index contributed by atoms with van der Waals surface area (Å²) in [5.41, 5.74) is 1.33. The molecule has 0 aromatic carbocycles. The van der Waals surface area contributed by atoms with Crippen molar-refractivity contribution < 1.29 is 0 Å². The van der Waals surface area contributed by atoms with Crippen molar-refractivity contribution in [1.29, 1.82) is 0 Å². The van der Waals surface area contributed by atoms with Gasteiger partial charge in [0.2, 0.25) is 0 Å². The van der Waals surface area contributed by atoms with E-state index in [0.717, 1.165) is 5.92 Å². The maximum absolute atomic E-state index is 4.22. The highest BCUT2D eigenvalue weighted by atomic mass is 15.0. The summed E-state index contributed by atoms with van der Waals surface area (Å²) in [6.07, 6.45) is 9.05. The number of aromatic nitrogens is 1. The van der Waals surface area contributed by atoms with Crippen molar-refractivity contribution in [2.75, 3.05) is 0 Å². The zero-order chi connectivity index (χ0) is 11.4. The first-order valence-electron chi connectivity index (χ1n) is 6.47. The highest BCUT2D eigenvalue weighted by Gasteiger charge is 2.29. The molecule has 2 rings (SSSR count). The number of hydrogen-bond donors (Lipinski definition) is 1. The van der Waals surface area contributed by atoms with Gasteiger partial charge in [-0.25, -0.2) is 0 Å². The van der Waals surface area contributed by atoms with Crippen molar-refractivity contribution in [1.82, 2.24) is 10.3 Å². The molecule has 1 aliphatic rings. The maximum Gasteiger partial charge on any atom is 0.0337 e. The van der Waals surface area contributed by atoms with E-state index < -0.39 is 0 Å². The quantitative estimate of drug-likeness (QED) is 0.792. The lowest BCUT2D eigenvalue weighted by molar-refractivity contribution is 0.402. The van der Waals surface area contributed by atoms with E-state index in [0.29, 0.717) is 12.1 Å². The van der Waals surface area contributed by atoms with Gasteiger partial charge in [0.05, 0.1) is 0 Å². The van der Waals surface area contributed by atoms with Crippen LogP contribution in [0.3, 0.4) is 0 Å². The van der Waals surface area contributed by atoms with Gasteiger partial charge < -0.3 is 5.32 Å². The van der Waals surface area contributed by atoms with Crippen LogP contribution in [0.5, 0.6) is 0 Å². The zero-order valence-corrected chi connectivity index (χ0v) is 10.3. The van der Waals surface area contributed by atoms with Crippen LogP contribution in [0, 0.1) is 5.92 Å². The predicted molar refractivity (Wildman–Crippen MR) is 67.2 cm³/mol. The summed E-state index contributed by atoms with van der Waals surface area (Å²) in [4.78, 5) is 4.22. The minimum absolute atomic E-state index is 0.481. The Balaban J connectivity index is 1.98. The Bertz CT molecular complexity index is 306. The summed E-state index contributed by atoms with van der Waals surface area (Å²) >= 11 is 0. The summed E-state index contributed by atoms with van der Waals surface area (Å²) in [5.74, 6) is 0.913. The van der Waals surface area contributed by atoms with Gasteiger partial charge in [-0.3, -0.25) is 4.98 Å². The van der Waals surface area contributed by atoms with Crippen LogP contribution in [-0.4, -0.2) is 11.0 Å². The van der Waals surface area contributed by atoms with Crippen LogP contribution in [0.1, 0.15) is 51.1 Å². The minimum atomic E-state index is 0.481. The number of pyridine rings is 1. The predicted octanol–water partition coefficient (Wildman–Crippen LogP) is 3.31. The number of hydrogen-bond acceptors (Lipinski definition) is 2. The second-order valence-electron chi connectivity index (χ2n) is 4.92. The van der Waals surface area contributed by atoms with Crippen molar-refractivity contribution in [2.24, 2.45) is 5.92 Å². The van der Waals surface area contributed by atoms with Crippen LogP contribution in [0.15, 0.2) is 24.5 Å². The average Bonchev–Trinajstić information content (AvgIpc) is 3.13. The first-order chi connectivity index (χ1) is 7.81. The molecule has 1 N–H and O–H groups in total. The molecule has 1 heterocycles. The Morgan fingerprint density at radius 3 is 2.88 bits per heavy atom. The van der Waals surface area contributed by atoms with Crippen LogP contribution in [0.4, 0.5) is 0 Å². The minimum Gasteiger partial charge on any atom is -0.307 e. The van der Waals surface area contributed by atoms with Crippen LogP contribution >= 0.6 is 0 Å². The summed E-state index contributed by atoms with van der Waals surface area (Å²) in [6.45, 7) is 4.56. The van der Waals surface area contributed by atoms with Crippen molar-refractivity contribution in [3.05, 3.63) is 30.1 Å². The van der Waals surface area contributed by atoms with Gasteiger partial charge >= 0.3 is 0 Å². The monoisotopic (exact) mass is 218 g/mol. The molecule has 1 aliphatic carbocycles. The van der Waals surface area contributed by atoms with Gasteiger partial charge in [0.25, 0.3) is 0 Å². The lowest BCUT2D eigenvalue weighted by atomic mass is 10.0. The molecule has 0 amide bonds. The van der Waals surface area contributed by atoms with Gasteiger partial charge in [-0.05, 0) is 43.7 Å². The molecule has 0 aliphatic heterocycles. The average molecular weight is 218 g/mol. The second kappa shape index (κ2) is 5.44. The Kier molecular flexibility index (Phi) is 3.94. The maximum atomic E-state index is 4.22. The van der Waals surface area contributed by atoms with E-state index >= 15 is 0 Å². The van der Waals surface area contributed by atoms with Crippen LogP contribution < -0.4 is 5.32 Å². The second-order valence-corrected chi connectivity index (χ2v) is 4.92. The third-order valence-corrected chi connectivity index (χ3v) is 3.46. The van der Waals surface area contributed by atoms with E-state index in [1.54, 1.807) is 0 Å². The molecule has 0 spiro atoms. The smallest absolute Gasteiger partial charge is 0.0337 e. The van der Waals surface area contributed by atoms with E-state index in [-0.39, 0.29) is 0 Å². The standard InChI is InChI=1S/C14H22N2/c1-3-5-14(13-6-4-9-15-10-13)16-11(2)12-7-8-12/h4,6,9-12,14,16H,3,5,7-8H2,1-2H3. The van der Waals surface area contributed by atoms with E-state index in [9.17, 15) is 0 Å². The highest BCUT2D eigenvalue weighted by Crippen LogP contribution is 2.33. The number of rotatable bonds is 6. The lowest BCUT2D eigenvalue weighted by Crippen LogP contribution is -2.32. The molecule has 16 heavy (non-hydrogen) atoms. The third kappa shape index (κ3) is 3.05. The van der Waals surface area contributed by atoms with Gasteiger partial charge in [-0.15, -0.1) is 0 Å². The van der Waals surface area contributed by atoms with Crippen molar-refractivity contribution in [3.8, 4) is 0 Å². The molecule has 1 saturated carbocycles. The van der Waals surface area contributed by atoms with Crippen molar-refractivity contribution >= 4 is 0 Å². The normalized spacial score (nSPS) is 19.4. The first-order valence-corrected chi connectivity index (χ1v) is 6.47. The number of nitrogens with one attached hydrogen (secondary N) is 1. The van der Waals surface area contributed by atoms with Gasteiger partial charge in [0, 0.05) is 24.5 Å². The Labute approximate surface area is 98.5 Å². The number of nitrogens with zero attached hydrogens (tertiary/aromatic N) is 1. The largest absolute Gasteiger partial charge is 0.307 e. The molecule has 2 nitrogen and oxygen atoms in total. The molecular weight excluding hydrogens is 196 g/mol. The van der Waals surface area contributed by atoms with Crippen LogP contribution in [0.2, 0.25) is 0 Å². The lowest BCUT2D eigenvalue weighted by Gasteiger charge is -2.23. The first kappa shape index (κ1) is 11.6. The van der Waals surface area contributed by atoms with E-state index in [1.165, 1.54) is 31.2 Å². The van der Waals surface area contributed by atoms with Crippen molar-refractivity contribution in [2.45, 2.75) is 51.6 Å². The third-order valence-electron chi connectivity index (χ3n) is 3.46. The van der Waals surface area contributed by atoms with Gasteiger partial charge in [0.15, 0.2) is 0 Å². The molecule has 1 aromatic heterocycles. The van der Waals surface area contributed by atoms with Crippen LogP contribution in [-0.2, 0) is 0 Å². The molecule has 2 heteroatoms. The van der Waals surface area contributed by atoms with E-state index in [4.69, 9.17) is 0 Å². The Hall–Kier alpha value is -0.890. The SMILES string of the molecule is CCCC(NC(C)C1CC1)c1cccnc1. The fourth-order valence-corrected chi connectivity index (χ4v) is 2.27. The fraction of sp³-hybridized carbons (Fsp3) is 0.643. The molecule has 0 radical (unpaired) electrons. The van der Waals surface area contributed by atoms with Gasteiger partial charge in [-0.1, -0.05) is 19.4 Å². The van der Waals surface area contributed by atoms with Crippen molar-refractivity contribution in [3.63, 3.8) is 0 Å². The van der Waals surface area contributed by atoms with E-state index in [1.807, 2.05) is 18.5 Å². The Morgan fingerprint density at radius 1 is 1.50 bits per heavy atom. The molecule has 1 aromatic rings. The fourth-order valence-electron chi connectivity index (χ4n) is 2.27. The highest BCUT2D eigenvalue weighted by molar-refractivity contribution is 5.14. The summed E-state index contributed by atoms with van der Waals surface area (Å²) in [5, 5.41) is 3.76. The molecule has 0 saturated heterocycles. The zero-order valence-electron chi connectivity index (χ0n) is 10.3. The molecule has 88 valence electrons. The molecule has 2 unspecified atom stereocenters. The van der Waals surface area contributed by atoms with Gasteiger partial charge in [-0.2, -0.15) is 0 Å².